The maximum Gasteiger partial charge on any atom is 0.573 e. The molecule has 0 aliphatic rings. The summed E-state index contributed by atoms with van der Waals surface area (Å²) in [5, 5.41) is 0. The van der Waals surface area contributed by atoms with Gasteiger partial charge in [-0.2, -0.15) is 0 Å². The molecule has 100 valence electrons. The van der Waals surface area contributed by atoms with Crippen molar-refractivity contribution in [2.75, 3.05) is 7.11 Å². The van der Waals surface area contributed by atoms with Gasteiger partial charge in [-0.05, 0) is 26.0 Å². The lowest BCUT2D eigenvalue weighted by atomic mass is 9.96. The van der Waals surface area contributed by atoms with Crippen LogP contribution in [0.2, 0.25) is 0 Å². The van der Waals surface area contributed by atoms with Crippen LogP contribution in [0.5, 0.6) is 5.75 Å². The molecule has 0 amide bonds. The summed E-state index contributed by atoms with van der Waals surface area (Å²) >= 11 is 0. The number of benzene rings is 1. The number of para-hydroxylation sites is 1. The maximum atomic E-state index is 12.2. The second-order valence-electron chi connectivity index (χ2n) is 4.09. The van der Waals surface area contributed by atoms with Crippen molar-refractivity contribution in [2.45, 2.75) is 25.8 Å². The van der Waals surface area contributed by atoms with Crippen LogP contribution >= 0.6 is 0 Å². The van der Waals surface area contributed by atoms with Gasteiger partial charge >= 0.3 is 6.36 Å². The highest BCUT2D eigenvalue weighted by atomic mass is 19.4. The Balaban J connectivity index is 3.14. The van der Waals surface area contributed by atoms with Crippen molar-refractivity contribution in [3.63, 3.8) is 0 Å². The molecule has 0 aliphatic heterocycles. The lowest BCUT2D eigenvalue weighted by molar-refractivity contribution is -0.274. The van der Waals surface area contributed by atoms with Gasteiger partial charge in [-0.15, -0.1) is 13.2 Å². The topological polar surface area (TPSA) is 35.5 Å². The molecule has 0 bridgehead atoms. The molecule has 0 unspecified atom stereocenters. The highest BCUT2D eigenvalue weighted by molar-refractivity contribution is 6.04. The molecule has 0 atom stereocenters. The van der Waals surface area contributed by atoms with Crippen LogP contribution in [0.15, 0.2) is 24.3 Å². The fourth-order valence-electron chi connectivity index (χ4n) is 1.28. The Bertz CT molecular complexity index is 438. The van der Waals surface area contributed by atoms with Crippen molar-refractivity contribution in [1.29, 1.82) is 0 Å². The van der Waals surface area contributed by atoms with Crippen LogP contribution < -0.4 is 4.74 Å². The van der Waals surface area contributed by atoms with E-state index in [0.717, 1.165) is 6.07 Å². The Hall–Kier alpha value is -1.56. The summed E-state index contributed by atoms with van der Waals surface area (Å²) in [6.07, 6.45) is -4.84. The molecule has 18 heavy (non-hydrogen) atoms. The van der Waals surface area contributed by atoms with Crippen LogP contribution in [0.4, 0.5) is 13.2 Å². The largest absolute Gasteiger partial charge is 0.573 e. The zero-order valence-corrected chi connectivity index (χ0v) is 10.2. The van der Waals surface area contributed by atoms with Gasteiger partial charge in [-0.3, -0.25) is 4.79 Å². The molecular formula is C12H13F3O3. The third kappa shape index (κ3) is 3.46. The second-order valence-corrected chi connectivity index (χ2v) is 4.09. The van der Waals surface area contributed by atoms with Crippen molar-refractivity contribution in [3.05, 3.63) is 29.8 Å². The Kier molecular flexibility index (Phi) is 4.01. The lowest BCUT2D eigenvalue weighted by Gasteiger charge is -2.22. The predicted molar refractivity (Wildman–Crippen MR) is 58.5 cm³/mol. The normalized spacial score (nSPS) is 12.3. The van der Waals surface area contributed by atoms with Crippen molar-refractivity contribution < 1.29 is 27.4 Å². The van der Waals surface area contributed by atoms with Gasteiger partial charge in [0.15, 0.2) is 5.78 Å². The second kappa shape index (κ2) is 4.97. The molecule has 6 heteroatoms. The molecule has 1 aromatic rings. The van der Waals surface area contributed by atoms with Crippen molar-refractivity contribution in [3.8, 4) is 5.75 Å². The van der Waals surface area contributed by atoms with E-state index in [1.165, 1.54) is 39.2 Å². The Morgan fingerprint density at radius 3 is 2.22 bits per heavy atom. The molecule has 0 fully saturated rings. The highest BCUT2D eigenvalue weighted by Gasteiger charge is 2.35. The number of alkyl halides is 3. The average molecular weight is 262 g/mol. The molecule has 0 spiro atoms. The van der Waals surface area contributed by atoms with E-state index < -0.39 is 23.5 Å². The van der Waals surface area contributed by atoms with E-state index >= 15 is 0 Å². The zero-order chi connectivity index (χ0) is 14.0. The van der Waals surface area contributed by atoms with Gasteiger partial charge < -0.3 is 9.47 Å². The van der Waals surface area contributed by atoms with Crippen LogP contribution in [-0.2, 0) is 4.74 Å². The first-order valence-electron chi connectivity index (χ1n) is 5.12. The summed E-state index contributed by atoms with van der Waals surface area (Å²) in [6.45, 7) is 2.94. The average Bonchev–Trinajstić information content (AvgIpc) is 2.26. The van der Waals surface area contributed by atoms with Crippen LogP contribution in [0.25, 0.3) is 0 Å². The van der Waals surface area contributed by atoms with E-state index in [4.69, 9.17) is 4.74 Å². The van der Waals surface area contributed by atoms with Gasteiger partial charge in [0.25, 0.3) is 0 Å². The third-order valence-corrected chi connectivity index (χ3v) is 2.41. The fraction of sp³-hybridized carbons (Fsp3) is 0.417. The fourth-order valence-corrected chi connectivity index (χ4v) is 1.28. The predicted octanol–water partition coefficient (Wildman–Crippen LogP) is 3.19. The van der Waals surface area contributed by atoms with Gasteiger partial charge in [0, 0.05) is 7.11 Å². The summed E-state index contributed by atoms with van der Waals surface area (Å²) in [7, 11) is 1.31. The van der Waals surface area contributed by atoms with E-state index in [1.54, 1.807) is 0 Å². The molecular weight excluding hydrogens is 249 g/mol. The molecule has 0 saturated heterocycles. The SMILES string of the molecule is COC(C)(C)C(=O)c1ccccc1OC(F)(F)F. The van der Waals surface area contributed by atoms with Crippen LogP contribution in [-0.4, -0.2) is 24.9 Å². The number of ketones is 1. The number of hydrogen-bond donors (Lipinski definition) is 0. The Morgan fingerprint density at radius 2 is 1.72 bits per heavy atom. The number of ether oxygens (including phenoxy) is 2. The minimum atomic E-state index is -4.84. The van der Waals surface area contributed by atoms with Crippen LogP contribution in [0.3, 0.4) is 0 Å². The van der Waals surface area contributed by atoms with E-state index in [-0.39, 0.29) is 5.56 Å². The van der Waals surface area contributed by atoms with Gasteiger partial charge in [-0.25, -0.2) is 0 Å². The molecule has 1 aromatic carbocycles. The molecule has 0 saturated carbocycles. The number of methoxy groups -OCH3 is 1. The van der Waals surface area contributed by atoms with E-state index in [2.05, 4.69) is 4.74 Å². The monoisotopic (exact) mass is 262 g/mol. The molecule has 0 radical (unpaired) electrons. The molecule has 0 N–H and O–H groups in total. The summed E-state index contributed by atoms with van der Waals surface area (Å²) in [5.74, 6) is -1.11. The smallest absolute Gasteiger partial charge is 0.405 e. The zero-order valence-electron chi connectivity index (χ0n) is 10.2. The molecule has 0 aliphatic carbocycles. The van der Waals surface area contributed by atoms with Gasteiger partial charge in [0.05, 0.1) is 5.56 Å². The van der Waals surface area contributed by atoms with E-state index in [0.29, 0.717) is 0 Å². The van der Waals surface area contributed by atoms with Gasteiger partial charge in [-0.1, -0.05) is 12.1 Å². The number of rotatable bonds is 4. The summed E-state index contributed by atoms with van der Waals surface area (Å²) < 4.78 is 45.4. The summed E-state index contributed by atoms with van der Waals surface area (Å²) in [4.78, 5) is 12.0. The molecule has 3 nitrogen and oxygen atoms in total. The quantitative estimate of drug-likeness (QED) is 0.782. The van der Waals surface area contributed by atoms with E-state index in [9.17, 15) is 18.0 Å². The van der Waals surface area contributed by atoms with Crippen molar-refractivity contribution in [1.82, 2.24) is 0 Å². The van der Waals surface area contributed by atoms with Gasteiger partial charge in [0.1, 0.15) is 11.4 Å². The lowest BCUT2D eigenvalue weighted by Crippen LogP contribution is -2.34. The number of carbonyl (C=O) groups is 1. The standard InChI is InChI=1S/C12H13F3O3/c1-11(2,17-3)10(16)8-6-4-5-7-9(8)18-12(13,14)15/h4-7H,1-3H3. The van der Waals surface area contributed by atoms with Crippen LogP contribution in [0, 0.1) is 0 Å². The summed E-state index contributed by atoms with van der Waals surface area (Å²) in [5.41, 5.74) is -1.38. The number of hydrogen-bond acceptors (Lipinski definition) is 3. The van der Waals surface area contributed by atoms with Crippen LogP contribution in [0.1, 0.15) is 24.2 Å². The van der Waals surface area contributed by atoms with Crippen molar-refractivity contribution >= 4 is 5.78 Å². The number of carbonyl (C=O) groups excluding carboxylic acids is 1. The first-order chi connectivity index (χ1) is 8.17. The maximum absolute atomic E-state index is 12.2. The molecule has 0 aromatic heterocycles. The molecule has 0 heterocycles. The number of halogens is 3. The Labute approximate surface area is 103 Å². The minimum Gasteiger partial charge on any atom is -0.405 e. The first kappa shape index (κ1) is 14.5. The third-order valence-electron chi connectivity index (χ3n) is 2.41. The Morgan fingerprint density at radius 1 is 1.17 bits per heavy atom. The van der Waals surface area contributed by atoms with E-state index in [1.807, 2.05) is 0 Å². The molecule has 1 rings (SSSR count). The first-order valence-corrected chi connectivity index (χ1v) is 5.12. The highest BCUT2D eigenvalue weighted by Crippen LogP contribution is 2.29. The summed E-state index contributed by atoms with van der Waals surface area (Å²) in [6, 6.07) is 5.18. The minimum absolute atomic E-state index is 0.165. The van der Waals surface area contributed by atoms with Crippen molar-refractivity contribution in [2.24, 2.45) is 0 Å². The number of Topliss-reactive ketones (excluding diaryl/α,β-unsaturated/α-hetero) is 1. The van der Waals surface area contributed by atoms with Gasteiger partial charge in [0.2, 0.25) is 0 Å².